The van der Waals surface area contributed by atoms with Crippen molar-refractivity contribution >= 4 is 23.4 Å². The van der Waals surface area contributed by atoms with E-state index in [1.54, 1.807) is 6.07 Å². The molecule has 1 aliphatic carbocycles. The summed E-state index contributed by atoms with van der Waals surface area (Å²) in [7, 11) is 1.34. The van der Waals surface area contributed by atoms with Crippen LogP contribution in [0, 0.1) is 5.41 Å². The summed E-state index contributed by atoms with van der Waals surface area (Å²) in [5.41, 5.74) is 3.10. The van der Waals surface area contributed by atoms with E-state index in [1.807, 2.05) is 37.3 Å². The molecule has 2 heterocycles. The Kier molecular flexibility index (Phi) is 5.10. The summed E-state index contributed by atoms with van der Waals surface area (Å²) in [5.74, 6) is 0.0234. The van der Waals surface area contributed by atoms with E-state index in [9.17, 15) is 9.59 Å². The molecule has 1 aromatic carbocycles. The average molecular weight is 426 g/mol. The van der Waals surface area contributed by atoms with Crippen LogP contribution >= 0.6 is 11.6 Å². The van der Waals surface area contributed by atoms with Gasteiger partial charge in [-0.2, -0.15) is 0 Å². The number of rotatable bonds is 3. The van der Waals surface area contributed by atoms with E-state index in [0.717, 1.165) is 11.3 Å². The van der Waals surface area contributed by atoms with Crippen LogP contribution in [-0.2, 0) is 14.3 Å². The van der Waals surface area contributed by atoms with Gasteiger partial charge in [-0.1, -0.05) is 37.6 Å². The summed E-state index contributed by atoms with van der Waals surface area (Å²) in [4.78, 5) is 25.9. The standard InChI is InChI=1S/C24H24ClNO4/c1-13-20(23(28)29-4)22(21-16(26-13)11-24(2,3)12-17(21)27)19-10-9-18(30-19)14-7-5-6-8-15(14)25/h5-10,22,26H,11-12H2,1-4H3/t22-/m1/s1. The molecule has 0 unspecified atom stereocenters. The fraction of sp³-hybridized carbons (Fsp3) is 0.333. The predicted molar refractivity (Wildman–Crippen MR) is 115 cm³/mol. The molecular weight excluding hydrogens is 402 g/mol. The van der Waals surface area contributed by atoms with Crippen molar-refractivity contribution in [2.24, 2.45) is 5.41 Å². The summed E-state index contributed by atoms with van der Waals surface area (Å²) < 4.78 is 11.2. The molecule has 30 heavy (non-hydrogen) atoms. The fourth-order valence-electron chi connectivity index (χ4n) is 4.41. The highest BCUT2D eigenvalue weighted by Gasteiger charge is 2.44. The Morgan fingerprint density at radius 1 is 1.20 bits per heavy atom. The van der Waals surface area contributed by atoms with Crippen molar-refractivity contribution in [3.63, 3.8) is 0 Å². The number of ketones is 1. The first-order valence-corrected chi connectivity index (χ1v) is 10.3. The number of carbonyl (C=O) groups excluding carboxylic acids is 2. The van der Waals surface area contributed by atoms with Gasteiger partial charge >= 0.3 is 5.97 Å². The molecular formula is C24H24ClNO4. The van der Waals surface area contributed by atoms with Crippen molar-refractivity contribution in [1.82, 2.24) is 5.32 Å². The monoisotopic (exact) mass is 425 g/mol. The normalized spacial score (nSPS) is 20.7. The minimum Gasteiger partial charge on any atom is -0.466 e. The lowest BCUT2D eigenvalue weighted by Gasteiger charge is -2.38. The first-order valence-electron chi connectivity index (χ1n) is 9.89. The van der Waals surface area contributed by atoms with Crippen molar-refractivity contribution in [3.8, 4) is 11.3 Å². The third-order valence-electron chi connectivity index (χ3n) is 5.70. The first kappa shape index (κ1) is 20.5. The second-order valence-electron chi connectivity index (χ2n) is 8.60. The molecule has 156 valence electrons. The molecule has 4 rings (SSSR count). The smallest absolute Gasteiger partial charge is 0.336 e. The molecule has 2 aliphatic rings. The van der Waals surface area contributed by atoms with Gasteiger partial charge in [-0.25, -0.2) is 4.79 Å². The van der Waals surface area contributed by atoms with Gasteiger partial charge in [-0.05, 0) is 43.0 Å². The number of halogens is 1. The number of nitrogens with one attached hydrogen (secondary N) is 1. The van der Waals surface area contributed by atoms with Crippen LogP contribution in [0.4, 0.5) is 0 Å². The van der Waals surface area contributed by atoms with Crippen LogP contribution in [0.2, 0.25) is 5.02 Å². The van der Waals surface area contributed by atoms with Crippen molar-refractivity contribution in [3.05, 3.63) is 69.7 Å². The van der Waals surface area contributed by atoms with Crippen molar-refractivity contribution < 1.29 is 18.7 Å². The minimum atomic E-state index is -0.617. The molecule has 1 N–H and O–H groups in total. The molecule has 5 nitrogen and oxygen atoms in total. The van der Waals surface area contributed by atoms with Crippen LogP contribution in [0.1, 0.15) is 45.3 Å². The minimum absolute atomic E-state index is 0.0170. The molecule has 0 amide bonds. The van der Waals surface area contributed by atoms with Crippen LogP contribution in [-0.4, -0.2) is 18.9 Å². The van der Waals surface area contributed by atoms with Gasteiger partial charge in [-0.15, -0.1) is 0 Å². The first-order chi connectivity index (χ1) is 14.2. The Morgan fingerprint density at radius 3 is 2.63 bits per heavy atom. The lowest BCUT2D eigenvalue weighted by Crippen LogP contribution is -2.38. The number of hydrogen-bond acceptors (Lipinski definition) is 5. The van der Waals surface area contributed by atoms with E-state index in [0.29, 0.717) is 46.2 Å². The second kappa shape index (κ2) is 7.47. The average Bonchev–Trinajstić information content (AvgIpc) is 3.15. The molecule has 1 atom stereocenters. The molecule has 0 fully saturated rings. The third kappa shape index (κ3) is 3.47. The molecule has 1 aliphatic heterocycles. The van der Waals surface area contributed by atoms with Gasteiger partial charge in [0, 0.05) is 29.0 Å². The zero-order valence-electron chi connectivity index (χ0n) is 17.5. The van der Waals surface area contributed by atoms with Crippen LogP contribution in [0.5, 0.6) is 0 Å². The highest BCUT2D eigenvalue weighted by Crippen LogP contribution is 2.47. The maximum atomic E-state index is 13.2. The Hall–Kier alpha value is -2.79. The Balaban J connectivity index is 1.86. The number of esters is 1. The molecule has 0 bridgehead atoms. The molecule has 0 saturated carbocycles. The molecule has 1 aromatic heterocycles. The molecule has 0 radical (unpaired) electrons. The van der Waals surface area contributed by atoms with Gasteiger partial charge < -0.3 is 14.5 Å². The molecule has 6 heteroatoms. The predicted octanol–water partition coefficient (Wildman–Crippen LogP) is 5.38. The van der Waals surface area contributed by atoms with Gasteiger partial charge in [0.1, 0.15) is 11.5 Å². The van der Waals surface area contributed by atoms with Gasteiger partial charge in [0.05, 0.1) is 23.6 Å². The number of methoxy groups -OCH3 is 1. The molecule has 0 saturated heterocycles. The third-order valence-corrected chi connectivity index (χ3v) is 6.03. The Labute approximate surface area is 180 Å². The summed E-state index contributed by atoms with van der Waals surface area (Å²) >= 11 is 6.33. The highest BCUT2D eigenvalue weighted by atomic mass is 35.5. The topological polar surface area (TPSA) is 68.5 Å². The summed E-state index contributed by atoms with van der Waals surface area (Å²) in [6.07, 6.45) is 1.13. The summed E-state index contributed by atoms with van der Waals surface area (Å²) in [5, 5.41) is 3.86. The number of carbonyl (C=O) groups is 2. The van der Waals surface area contributed by atoms with Crippen molar-refractivity contribution in [2.75, 3.05) is 7.11 Å². The van der Waals surface area contributed by atoms with E-state index in [4.69, 9.17) is 20.8 Å². The number of benzene rings is 1. The quantitative estimate of drug-likeness (QED) is 0.669. The number of allylic oxidation sites excluding steroid dienone is 3. The number of hydrogen-bond donors (Lipinski definition) is 1. The van der Waals surface area contributed by atoms with E-state index in [1.165, 1.54) is 7.11 Å². The second-order valence-corrected chi connectivity index (χ2v) is 9.01. The number of ether oxygens (including phenoxy) is 1. The summed E-state index contributed by atoms with van der Waals surface area (Å²) in [6.45, 7) is 5.97. The Bertz CT molecular complexity index is 1110. The van der Waals surface area contributed by atoms with Gasteiger partial charge in [0.25, 0.3) is 0 Å². The van der Waals surface area contributed by atoms with E-state index in [-0.39, 0.29) is 11.2 Å². The largest absolute Gasteiger partial charge is 0.466 e. The lowest BCUT2D eigenvalue weighted by molar-refractivity contribution is -0.136. The van der Waals surface area contributed by atoms with Crippen LogP contribution < -0.4 is 5.32 Å². The zero-order chi connectivity index (χ0) is 21.6. The number of Topliss-reactive ketones (excluding diaryl/α,β-unsaturated/α-hetero) is 1. The van der Waals surface area contributed by atoms with E-state index < -0.39 is 11.9 Å². The highest BCUT2D eigenvalue weighted by molar-refractivity contribution is 6.33. The Morgan fingerprint density at radius 2 is 1.93 bits per heavy atom. The van der Waals surface area contributed by atoms with Crippen LogP contribution in [0.25, 0.3) is 11.3 Å². The number of dihydropyridines is 1. The number of furan rings is 1. The van der Waals surface area contributed by atoms with Crippen LogP contribution in [0.3, 0.4) is 0 Å². The lowest BCUT2D eigenvalue weighted by atomic mass is 9.69. The maximum Gasteiger partial charge on any atom is 0.336 e. The van der Waals surface area contributed by atoms with Crippen molar-refractivity contribution in [2.45, 2.75) is 39.5 Å². The van der Waals surface area contributed by atoms with Crippen molar-refractivity contribution in [1.29, 1.82) is 0 Å². The van der Waals surface area contributed by atoms with Crippen LogP contribution in [0.15, 0.2) is 63.4 Å². The fourth-order valence-corrected chi connectivity index (χ4v) is 4.64. The van der Waals surface area contributed by atoms with Gasteiger partial charge in [0.2, 0.25) is 0 Å². The maximum absolute atomic E-state index is 13.2. The molecule has 2 aromatic rings. The van der Waals surface area contributed by atoms with E-state index >= 15 is 0 Å². The summed E-state index contributed by atoms with van der Waals surface area (Å²) in [6, 6.07) is 11.0. The zero-order valence-corrected chi connectivity index (χ0v) is 18.2. The van der Waals surface area contributed by atoms with Gasteiger partial charge in [0.15, 0.2) is 5.78 Å². The SMILES string of the molecule is COC(=O)C1=C(C)NC2=C(C(=O)CC(C)(C)C2)[C@@H]1c1ccc(-c2ccccc2Cl)o1. The van der Waals surface area contributed by atoms with E-state index in [2.05, 4.69) is 19.2 Å². The van der Waals surface area contributed by atoms with Gasteiger partial charge in [-0.3, -0.25) is 4.79 Å². The molecule has 0 spiro atoms.